The van der Waals surface area contributed by atoms with Crippen molar-refractivity contribution in [1.29, 1.82) is 0 Å². The highest BCUT2D eigenvalue weighted by Gasteiger charge is 2.42. The highest BCUT2D eigenvalue weighted by atomic mass is 32.2. The van der Waals surface area contributed by atoms with Gasteiger partial charge < -0.3 is 4.74 Å². The fraction of sp³-hybridized carbons (Fsp3) is 0.500. The number of rotatable bonds is 4. The zero-order valence-electron chi connectivity index (χ0n) is 10.9. The number of nitrogens with one attached hydrogen (secondary N) is 1. The Balaban J connectivity index is 2.17. The number of methoxy groups -OCH3 is 1. The lowest BCUT2D eigenvalue weighted by Crippen LogP contribution is -2.35. The average molecular weight is 302 g/mol. The third-order valence-corrected chi connectivity index (χ3v) is 5.18. The van der Waals surface area contributed by atoms with Crippen molar-refractivity contribution in [1.82, 2.24) is 4.98 Å². The fourth-order valence-electron chi connectivity index (χ4n) is 2.38. The van der Waals surface area contributed by atoms with E-state index in [0.29, 0.717) is 19.3 Å². The van der Waals surface area contributed by atoms with Crippen molar-refractivity contribution in [3.63, 3.8) is 0 Å². The van der Waals surface area contributed by atoms with Gasteiger partial charge in [-0.25, -0.2) is 17.8 Å². The number of pyridine rings is 1. The van der Waals surface area contributed by atoms with Gasteiger partial charge in [-0.15, -0.1) is 0 Å². The first-order valence-corrected chi connectivity index (χ1v) is 7.69. The molecular formula is C12H15FN2O4S. The summed E-state index contributed by atoms with van der Waals surface area (Å²) in [5.41, 5.74) is 0. The van der Waals surface area contributed by atoms with Crippen LogP contribution in [0.25, 0.3) is 0 Å². The summed E-state index contributed by atoms with van der Waals surface area (Å²) in [5, 5.41) is -0.846. The van der Waals surface area contributed by atoms with E-state index in [4.69, 9.17) is 0 Å². The Labute approximate surface area is 116 Å². The predicted octanol–water partition coefficient (Wildman–Crippen LogP) is 1.30. The fourth-order valence-corrected chi connectivity index (χ4v) is 4.10. The second-order valence-corrected chi connectivity index (χ2v) is 6.51. The van der Waals surface area contributed by atoms with E-state index in [2.05, 4.69) is 14.4 Å². The van der Waals surface area contributed by atoms with E-state index < -0.39 is 33.0 Å². The molecule has 1 saturated carbocycles. The molecule has 0 bridgehead atoms. The number of carbonyl (C=O) groups excluding carboxylic acids is 1. The molecule has 0 spiro atoms. The second-order valence-electron chi connectivity index (χ2n) is 4.61. The molecule has 0 aliphatic heterocycles. The van der Waals surface area contributed by atoms with Crippen LogP contribution < -0.4 is 4.72 Å². The van der Waals surface area contributed by atoms with Gasteiger partial charge in [0.1, 0.15) is 11.6 Å². The van der Waals surface area contributed by atoms with Gasteiger partial charge in [-0.2, -0.15) is 0 Å². The summed E-state index contributed by atoms with van der Waals surface area (Å²) in [7, 11) is -2.53. The molecule has 2 unspecified atom stereocenters. The van der Waals surface area contributed by atoms with Gasteiger partial charge in [-0.3, -0.25) is 9.52 Å². The topological polar surface area (TPSA) is 85.4 Å². The predicted molar refractivity (Wildman–Crippen MR) is 69.9 cm³/mol. The summed E-state index contributed by atoms with van der Waals surface area (Å²) in [5.74, 6) is -1.72. The quantitative estimate of drug-likeness (QED) is 0.847. The van der Waals surface area contributed by atoms with Crippen LogP contribution in [0.15, 0.2) is 18.3 Å². The number of sulfonamides is 1. The number of carbonyl (C=O) groups is 1. The summed E-state index contributed by atoms with van der Waals surface area (Å²) in [6.07, 6.45) is 2.43. The molecule has 8 heteroatoms. The Morgan fingerprint density at radius 3 is 2.80 bits per heavy atom. The zero-order chi connectivity index (χ0) is 14.8. The first kappa shape index (κ1) is 14.7. The maximum absolute atomic E-state index is 12.7. The van der Waals surface area contributed by atoms with E-state index in [1.54, 1.807) is 0 Å². The number of halogens is 1. The maximum Gasteiger partial charge on any atom is 0.310 e. The normalized spacial score (nSPS) is 22.5. The third-order valence-electron chi connectivity index (χ3n) is 3.33. The summed E-state index contributed by atoms with van der Waals surface area (Å²) in [4.78, 5) is 15.2. The molecule has 1 fully saturated rings. The highest BCUT2D eigenvalue weighted by molar-refractivity contribution is 7.93. The first-order chi connectivity index (χ1) is 9.44. The lowest BCUT2D eigenvalue weighted by Gasteiger charge is -2.18. The number of nitrogens with zero attached hydrogens (tertiary/aromatic N) is 1. The average Bonchev–Trinajstić information content (AvgIpc) is 2.90. The Morgan fingerprint density at radius 2 is 2.20 bits per heavy atom. The van der Waals surface area contributed by atoms with Crippen LogP contribution in [0.3, 0.4) is 0 Å². The zero-order valence-corrected chi connectivity index (χ0v) is 11.7. The standard InChI is InChI=1S/C12H15FN2O4S/c1-19-12(16)9-3-2-4-10(9)20(17,18)15-11-6-5-8(13)7-14-11/h5-7,9-10H,2-4H2,1H3,(H,14,15). The highest BCUT2D eigenvalue weighted by Crippen LogP contribution is 2.32. The van der Waals surface area contributed by atoms with Gasteiger partial charge in [0.2, 0.25) is 10.0 Å². The molecule has 1 aliphatic carbocycles. The minimum atomic E-state index is -3.77. The van der Waals surface area contributed by atoms with Gasteiger partial charge in [0, 0.05) is 0 Å². The Kier molecular flexibility index (Phi) is 4.22. The van der Waals surface area contributed by atoms with Gasteiger partial charge in [-0.05, 0) is 25.0 Å². The molecule has 1 aromatic rings. The van der Waals surface area contributed by atoms with Crippen LogP contribution in [-0.4, -0.2) is 31.7 Å². The van der Waals surface area contributed by atoms with Crippen molar-refractivity contribution in [3.8, 4) is 0 Å². The smallest absolute Gasteiger partial charge is 0.310 e. The molecule has 0 aromatic carbocycles. The summed E-state index contributed by atoms with van der Waals surface area (Å²) < 4.78 is 44.2. The van der Waals surface area contributed by atoms with Crippen LogP contribution in [0.5, 0.6) is 0 Å². The van der Waals surface area contributed by atoms with Crippen LogP contribution in [0.4, 0.5) is 10.2 Å². The van der Waals surface area contributed by atoms with Crippen molar-refractivity contribution >= 4 is 21.8 Å². The monoisotopic (exact) mass is 302 g/mol. The van der Waals surface area contributed by atoms with Crippen LogP contribution >= 0.6 is 0 Å². The molecule has 0 radical (unpaired) electrons. The number of esters is 1. The van der Waals surface area contributed by atoms with Crippen LogP contribution in [0.2, 0.25) is 0 Å². The van der Waals surface area contributed by atoms with Gasteiger partial charge in [0.05, 0.1) is 24.5 Å². The molecule has 2 rings (SSSR count). The molecular weight excluding hydrogens is 287 g/mol. The van der Waals surface area contributed by atoms with Crippen molar-refractivity contribution in [2.75, 3.05) is 11.8 Å². The first-order valence-electron chi connectivity index (χ1n) is 6.15. The van der Waals surface area contributed by atoms with Crippen LogP contribution in [0.1, 0.15) is 19.3 Å². The number of ether oxygens (including phenoxy) is 1. The van der Waals surface area contributed by atoms with Crippen molar-refractivity contribution in [3.05, 3.63) is 24.1 Å². The summed E-state index contributed by atoms with van der Waals surface area (Å²) in [6.45, 7) is 0. The summed E-state index contributed by atoms with van der Waals surface area (Å²) in [6, 6.07) is 2.34. The number of anilines is 1. The molecule has 6 nitrogen and oxygen atoms in total. The van der Waals surface area contributed by atoms with Gasteiger partial charge in [0.15, 0.2) is 0 Å². The lowest BCUT2D eigenvalue weighted by molar-refractivity contribution is -0.145. The van der Waals surface area contributed by atoms with Crippen LogP contribution in [-0.2, 0) is 19.6 Å². The molecule has 1 aliphatic rings. The minimum Gasteiger partial charge on any atom is -0.469 e. The molecule has 2 atom stereocenters. The van der Waals surface area contributed by atoms with Crippen molar-refractivity contribution in [2.45, 2.75) is 24.5 Å². The van der Waals surface area contributed by atoms with E-state index in [0.717, 1.165) is 12.3 Å². The van der Waals surface area contributed by atoms with Crippen molar-refractivity contribution in [2.24, 2.45) is 5.92 Å². The van der Waals surface area contributed by atoms with E-state index in [-0.39, 0.29) is 5.82 Å². The molecule has 110 valence electrons. The molecule has 0 saturated heterocycles. The molecule has 20 heavy (non-hydrogen) atoms. The van der Waals surface area contributed by atoms with E-state index in [1.165, 1.54) is 13.2 Å². The summed E-state index contributed by atoms with van der Waals surface area (Å²) >= 11 is 0. The molecule has 1 N–H and O–H groups in total. The van der Waals surface area contributed by atoms with Gasteiger partial charge >= 0.3 is 5.97 Å². The number of hydrogen-bond acceptors (Lipinski definition) is 5. The number of aromatic nitrogens is 1. The lowest BCUT2D eigenvalue weighted by atomic mass is 10.1. The molecule has 1 aromatic heterocycles. The van der Waals surface area contributed by atoms with Crippen molar-refractivity contribution < 1.29 is 22.3 Å². The second kappa shape index (κ2) is 5.74. The Morgan fingerprint density at radius 1 is 1.45 bits per heavy atom. The molecule has 1 heterocycles. The molecule has 0 amide bonds. The minimum absolute atomic E-state index is 0.0296. The van der Waals surface area contributed by atoms with Crippen LogP contribution in [0, 0.1) is 11.7 Å². The van der Waals surface area contributed by atoms with Gasteiger partial charge in [0.25, 0.3) is 0 Å². The number of hydrogen-bond donors (Lipinski definition) is 1. The van der Waals surface area contributed by atoms with Gasteiger partial charge in [-0.1, -0.05) is 6.42 Å². The van der Waals surface area contributed by atoms with E-state index in [9.17, 15) is 17.6 Å². The Hall–Kier alpha value is -1.70. The largest absolute Gasteiger partial charge is 0.469 e. The maximum atomic E-state index is 12.7. The Bertz CT molecular complexity index is 588. The van der Waals surface area contributed by atoms with E-state index in [1.807, 2.05) is 0 Å². The SMILES string of the molecule is COC(=O)C1CCCC1S(=O)(=O)Nc1ccc(F)cn1. The third kappa shape index (κ3) is 3.06. The van der Waals surface area contributed by atoms with E-state index >= 15 is 0 Å².